The maximum absolute atomic E-state index is 13.4. The second-order valence-corrected chi connectivity index (χ2v) is 9.77. The molecular formula is C24H33N5O6S. The number of carbonyl (C=O) groups excluding carboxylic acids is 3. The summed E-state index contributed by atoms with van der Waals surface area (Å²) < 4.78 is 0. The molecule has 0 saturated carbocycles. The van der Waals surface area contributed by atoms with Crippen molar-refractivity contribution in [2.75, 3.05) is 25.2 Å². The van der Waals surface area contributed by atoms with E-state index in [2.05, 4.69) is 15.6 Å². The van der Waals surface area contributed by atoms with Crippen LogP contribution in [-0.4, -0.2) is 93.1 Å². The number of thioether (sulfide) groups is 1. The number of carboxylic acids is 1. The van der Waals surface area contributed by atoms with Crippen LogP contribution in [0.25, 0.3) is 10.9 Å². The van der Waals surface area contributed by atoms with Gasteiger partial charge >= 0.3 is 5.97 Å². The Hall–Kier alpha value is -3.09. The van der Waals surface area contributed by atoms with Gasteiger partial charge in [0.25, 0.3) is 0 Å². The number of hydrogen-bond acceptors (Lipinski definition) is 7. The van der Waals surface area contributed by atoms with E-state index in [-0.39, 0.29) is 6.42 Å². The predicted molar refractivity (Wildman–Crippen MR) is 136 cm³/mol. The molecule has 0 bridgehead atoms. The average Bonchev–Trinajstić information content (AvgIpc) is 3.53. The number of hydrogen-bond donors (Lipinski definition) is 6. The minimum absolute atomic E-state index is 0.116. The van der Waals surface area contributed by atoms with Crippen LogP contribution in [-0.2, 0) is 25.6 Å². The van der Waals surface area contributed by atoms with Crippen molar-refractivity contribution in [3.63, 3.8) is 0 Å². The maximum atomic E-state index is 13.4. The number of aromatic nitrogens is 1. The molecule has 36 heavy (non-hydrogen) atoms. The topological polar surface area (TPSA) is 178 Å². The Labute approximate surface area is 213 Å². The Morgan fingerprint density at radius 2 is 1.92 bits per heavy atom. The Morgan fingerprint density at radius 1 is 1.19 bits per heavy atom. The van der Waals surface area contributed by atoms with Crippen LogP contribution < -0.4 is 16.4 Å². The van der Waals surface area contributed by atoms with Crippen molar-refractivity contribution in [2.45, 2.75) is 49.9 Å². The van der Waals surface area contributed by atoms with E-state index in [1.807, 2.05) is 30.5 Å². The van der Waals surface area contributed by atoms with Crippen LogP contribution in [0.15, 0.2) is 30.5 Å². The highest BCUT2D eigenvalue weighted by atomic mass is 32.2. The molecule has 1 aromatic carbocycles. The van der Waals surface area contributed by atoms with Crippen LogP contribution in [0, 0.1) is 0 Å². The van der Waals surface area contributed by atoms with Crippen LogP contribution >= 0.6 is 11.8 Å². The fourth-order valence-electron chi connectivity index (χ4n) is 4.34. The number of amides is 3. The number of fused-ring (bicyclic) bond motifs is 1. The minimum Gasteiger partial charge on any atom is -0.480 e. The molecule has 3 amide bonds. The monoisotopic (exact) mass is 519 g/mol. The number of nitrogens with one attached hydrogen (secondary N) is 3. The zero-order valence-corrected chi connectivity index (χ0v) is 20.9. The number of benzene rings is 1. The normalized spacial score (nSPS) is 18.0. The Bertz CT molecular complexity index is 1090. The van der Waals surface area contributed by atoms with Crippen molar-refractivity contribution in [2.24, 2.45) is 5.73 Å². The molecule has 1 aliphatic rings. The summed E-state index contributed by atoms with van der Waals surface area (Å²) in [4.78, 5) is 55.2. The Balaban J connectivity index is 1.83. The number of rotatable bonds is 12. The first-order valence-corrected chi connectivity index (χ1v) is 13.2. The van der Waals surface area contributed by atoms with Crippen LogP contribution in [0.5, 0.6) is 0 Å². The molecule has 0 spiro atoms. The lowest BCUT2D eigenvalue weighted by Gasteiger charge is -2.29. The van der Waals surface area contributed by atoms with Gasteiger partial charge in [0, 0.05) is 30.1 Å². The molecule has 2 aromatic rings. The molecule has 4 atom stereocenters. The van der Waals surface area contributed by atoms with Gasteiger partial charge in [-0.2, -0.15) is 11.8 Å². The van der Waals surface area contributed by atoms with Crippen molar-refractivity contribution in [3.05, 3.63) is 36.0 Å². The number of nitrogens with zero attached hydrogens (tertiary/aromatic N) is 1. The summed E-state index contributed by atoms with van der Waals surface area (Å²) in [6.07, 6.45) is 4.98. The number of para-hydroxylation sites is 1. The second-order valence-electron chi connectivity index (χ2n) is 8.78. The van der Waals surface area contributed by atoms with E-state index >= 15 is 0 Å². The van der Waals surface area contributed by atoms with Crippen molar-refractivity contribution >= 4 is 46.4 Å². The highest BCUT2D eigenvalue weighted by molar-refractivity contribution is 7.98. The number of aliphatic hydroxyl groups is 1. The van der Waals surface area contributed by atoms with Gasteiger partial charge in [0.05, 0.1) is 6.61 Å². The van der Waals surface area contributed by atoms with Crippen LogP contribution in [0.1, 0.15) is 24.8 Å². The Morgan fingerprint density at radius 3 is 2.61 bits per heavy atom. The first-order chi connectivity index (χ1) is 17.3. The predicted octanol–water partition coefficient (Wildman–Crippen LogP) is -0.172. The van der Waals surface area contributed by atoms with Gasteiger partial charge in [-0.3, -0.25) is 14.4 Å². The number of H-pyrrole nitrogens is 1. The molecule has 1 aliphatic heterocycles. The second kappa shape index (κ2) is 12.7. The van der Waals surface area contributed by atoms with Crippen molar-refractivity contribution in [3.8, 4) is 0 Å². The van der Waals surface area contributed by atoms with Crippen LogP contribution in [0.4, 0.5) is 0 Å². The molecule has 4 unspecified atom stereocenters. The SMILES string of the molecule is CSCCC(NC(=O)C(Cc1c[nH]c2ccccc12)NC(=O)C(N)CO)C(=O)N1CCCC1C(=O)O. The van der Waals surface area contributed by atoms with Gasteiger partial charge in [-0.25, -0.2) is 4.79 Å². The number of carboxylic acid groups (broad SMARTS) is 1. The fraction of sp³-hybridized carbons (Fsp3) is 0.500. The summed E-state index contributed by atoms with van der Waals surface area (Å²) in [5.41, 5.74) is 7.30. The summed E-state index contributed by atoms with van der Waals surface area (Å²) in [6, 6.07) is 3.36. The molecule has 7 N–H and O–H groups in total. The molecule has 0 aliphatic carbocycles. The third-order valence-corrected chi connectivity index (χ3v) is 6.96. The number of aliphatic hydroxyl groups excluding tert-OH is 1. The van der Waals surface area contributed by atoms with Gasteiger partial charge in [0.1, 0.15) is 24.2 Å². The van der Waals surface area contributed by atoms with Gasteiger partial charge in [-0.15, -0.1) is 0 Å². The van der Waals surface area contributed by atoms with Crippen molar-refractivity contribution in [1.29, 1.82) is 0 Å². The molecule has 3 rings (SSSR count). The van der Waals surface area contributed by atoms with Crippen molar-refractivity contribution in [1.82, 2.24) is 20.5 Å². The van der Waals surface area contributed by atoms with E-state index in [0.29, 0.717) is 31.6 Å². The smallest absolute Gasteiger partial charge is 0.326 e. The number of aromatic amines is 1. The van der Waals surface area contributed by atoms with Gasteiger partial charge in [0.2, 0.25) is 17.7 Å². The summed E-state index contributed by atoms with van der Waals surface area (Å²) in [5.74, 6) is -2.25. The summed E-state index contributed by atoms with van der Waals surface area (Å²) in [6.45, 7) is -0.282. The van der Waals surface area contributed by atoms with E-state index in [1.54, 1.807) is 6.20 Å². The van der Waals surface area contributed by atoms with E-state index in [9.17, 15) is 29.4 Å². The van der Waals surface area contributed by atoms with E-state index in [4.69, 9.17) is 5.73 Å². The van der Waals surface area contributed by atoms with Gasteiger partial charge in [-0.05, 0) is 42.9 Å². The van der Waals surface area contributed by atoms with Gasteiger partial charge in [0.15, 0.2) is 0 Å². The molecule has 0 radical (unpaired) electrons. The lowest BCUT2D eigenvalue weighted by molar-refractivity contribution is -0.149. The molecule has 12 heteroatoms. The van der Waals surface area contributed by atoms with Crippen LogP contribution in [0.3, 0.4) is 0 Å². The third kappa shape index (κ3) is 6.56. The highest BCUT2D eigenvalue weighted by Crippen LogP contribution is 2.21. The third-order valence-electron chi connectivity index (χ3n) is 6.31. The molecule has 1 saturated heterocycles. The van der Waals surface area contributed by atoms with Gasteiger partial charge < -0.3 is 36.5 Å². The number of aliphatic carboxylic acids is 1. The zero-order chi connectivity index (χ0) is 26.2. The first-order valence-electron chi connectivity index (χ1n) is 11.8. The van der Waals surface area contributed by atoms with E-state index in [1.165, 1.54) is 16.7 Å². The molecule has 2 heterocycles. The van der Waals surface area contributed by atoms with E-state index < -0.39 is 54.5 Å². The number of likely N-dealkylation sites (tertiary alicyclic amines) is 1. The number of nitrogens with two attached hydrogens (primary N) is 1. The summed E-state index contributed by atoms with van der Waals surface area (Å²) in [5, 5.41) is 25.0. The lowest BCUT2D eigenvalue weighted by atomic mass is 10.0. The maximum Gasteiger partial charge on any atom is 0.326 e. The molecule has 11 nitrogen and oxygen atoms in total. The minimum atomic E-state index is -1.21. The zero-order valence-electron chi connectivity index (χ0n) is 20.1. The highest BCUT2D eigenvalue weighted by Gasteiger charge is 2.38. The quantitative estimate of drug-likeness (QED) is 0.224. The lowest BCUT2D eigenvalue weighted by Crippen LogP contribution is -2.58. The largest absolute Gasteiger partial charge is 0.480 e. The molecule has 196 valence electrons. The Kier molecular flexibility index (Phi) is 9.73. The first kappa shape index (κ1) is 27.5. The molecule has 1 aromatic heterocycles. The average molecular weight is 520 g/mol. The fourth-order valence-corrected chi connectivity index (χ4v) is 4.82. The standard InChI is InChI=1S/C24H33N5O6S/c1-36-10-8-18(23(33)29-9-4-7-20(29)24(34)35)27-22(32)19(28-21(31)16(25)13-30)11-14-12-26-17-6-3-2-5-15(14)17/h2-3,5-6,12,16,18-20,26,30H,4,7-11,13,25H2,1H3,(H,27,32)(H,28,31)(H,34,35). The number of carbonyl (C=O) groups is 4. The van der Waals surface area contributed by atoms with Gasteiger partial charge in [-0.1, -0.05) is 18.2 Å². The van der Waals surface area contributed by atoms with E-state index in [0.717, 1.165) is 16.5 Å². The van der Waals surface area contributed by atoms with Crippen LogP contribution in [0.2, 0.25) is 0 Å². The molecular weight excluding hydrogens is 486 g/mol. The van der Waals surface area contributed by atoms with Crippen molar-refractivity contribution < 1.29 is 29.4 Å². The summed E-state index contributed by atoms with van der Waals surface area (Å²) in [7, 11) is 0. The molecule has 1 fully saturated rings. The summed E-state index contributed by atoms with van der Waals surface area (Å²) >= 11 is 1.50.